The summed E-state index contributed by atoms with van der Waals surface area (Å²) < 4.78 is 40.4. The molecule has 5 nitrogen and oxygen atoms in total. The minimum absolute atomic E-state index is 0.0352. The van der Waals surface area contributed by atoms with E-state index in [1.54, 1.807) is 7.05 Å². The molecule has 2 rings (SSSR count). The van der Waals surface area contributed by atoms with E-state index in [1.807, 2.05) is 0 Å². The summed E-state index contributed by atoms with van der Waals surface area (Å²) in [4.78, 5) is 3.97. The van der Waals surface area contributed by atoms with Crippen LogP contribution in [0, 0.1) is 5.82 Å². The zero-order valence-corrected chi connectivity index (χ0v) is 12.8. The van der Waals surface area contributed by atoms with Gasteiger partial charge in [-0.1, -0.05) is 0 Å². The largest absolute Gasteiger partial charge is 0.373 e. The topological polar surface area (TPSA) is 71.1 Å². The SMILES string of the molecule is CNc1cc(S(=O)(=O)Nc2cc(F)ccc2Br)ccn1. The van der Waals surface area contributed by atoms with Crippen molar-refractivity contribution in [1.29, 1.82) is 0 Å². The van der Waals surface area contributed by atoms with E-state index in [9.17, 15) is 12.8 Å². The molecule has 1 aromatic carbocycles. The number of rotatable bonds is 4. The maximum absolute atomic E-state index is 13.2. The number of pyridine rings is 1. The van der Waals surface area contributed by atoms with E-state index in [4.69, 9.17) is 0 Å². The molecule has 0 bridgehead atoms. The van der Waals surface area contributed by atoms with Crippen molar-refractivity contribution in [2.45, 2.75) is 4.90 Å². The first-order valence-electron chi connectivity index (χ1n) is 5.54. The van der Waals surface area contributed by atoms with Crippen LogP contribution in [0.5, 0.6) is 0 Å². The Balaban J connectivity index is 2.38. The molecule has 0 atom stereocenters. The number of halogens is 2. The zero-order valence-electron chi connectivity index (χ0n) is 10.4. The first-order chi connectivity index (χ1) is 9.42. The Hall–Kier alpha value is -1.67. The van der Waals surface area contributed by atoms with E-state index >= 15 is 0 Å². The summed E-state index contributed by atoms with van der Waals surface area (Å²) in [6.45, 7) is 0. The quantitative estimate of drug-likeness (QED) is 0.880. The molecule has 1 heterocycles. The monoisotopic (exact) mass is 359 g/mol. The van der Waals surface area contributed by atoms with Crippen LogP contribution in [0.2, 0.25) is 0 Å². The van der Waals surface area contributed by atoms with Crippen molar-refractivity contribution in [1.82, 2.24) is 4.98 Å². The number of benzene rings is 1. The van der Waals surface area contributed by atoms with Gasteiger partial charge in [-0.3, -0.25) is 4.72 Å². The minimum atomic E-state index is -3.81. The lowest BCUT2D eigenvalue weighted by Gasteiger charge is -2.10. The highest BCUT2D eigenvalue weighted by atomic mass is 79.9. The third-order valence-corrected chi connectivity index (χ3v) is 4.53. The van der Waals surface area contributed by atoms with Crippen molar-refractivity contribution in [3.05, 3.63) is 46.8 Å². The lowest BCUT2D eigenvalue weighted by Crippen LogP contribution is -2.14. The summed E-state index contributed by atoms with van der Waals surface area (Å²) in [5.41, 5.74) is 0.132. The predicted octanol–water partition coefficient (Wildman–Crippen LogP) is 2.83. The highest BCUT2D eigenvalue weighted by molar-refractivity contribution is 9.10. The standard InChI is InChI=1S/C12H11BrFN3O2S/c1-15-12-7-9(4-5-16-12)20(18,19)17-11-6-8(14)2-3-10(11)13/h2-7,17H,1H3,(H,15,16). The Morgan fingerprint density at radius 1 is 1.25 bits per heavy atom. The van der Waals surface area contributed by atoms with Crippen LogP contribution in [-0.4, -0.2) is 20.4 Å². The molecular formula is C12H11BrFN3O2S. The van der Waals surface area contributed by atoms with Gasteiger partial charge in [0.25, 0.3) is 10.0 Å². The van der Waals surface area contributed by atoms with Crippen LogP contribution >= 0.6 is 15.9 Å². The second-order valence-electron chi connectivity index (χ2n) is 3.86. The van der Waals surface area contributed by atoms with Gasteiger partial charge in [0.2, 0.25) is 0 Å². The van der Waals surface area contributed by atoms with E-state index in [-0.39, 0.29) is 10.6 Å². The van der Waals surface area contributed by atoms with Gasteiger partial charge in [0.05, 0.1) is 10.6 Å². The molecule has 0 aliphatic carbocycles. The lowest BCUT2D eigenvalue weighted by molar-refractivity contribution is 0.601. The van der Waals surface area contributed by atoms with Gasteiger partial charge in [-0.15, -0.1) is 0 Å². The van der Waals surface area contributed by atoms with Gasteiger partial charge in [-0.25, -0.2) is 17.8 Å². The fraction of sp³-hybridized carbons (Fsp3) is 0.0833. The maximum Gasteiger partial charge on any atom is 0.262 e. The van der Waals surface area contributed by atoms with E-state index < -0.39 is 15.8 Å². The number of aromatic nitrogens is 1. The summed E-state index contributed by atoms with van der Waals surface area (Å²) in [5.74, 6) is -0.109. The summed E-state index contributed by atoms with van der Waals surface area (Å²) in [6.07, 6.45) is 1.38. The molecule has 0 radical (unpaired) electrons. The third-order valence-electron chi connectivity index (χ3n) is 2.47. The lowest BCUT2D eigenvalue weighted by atomic mass is 10.3. The van der Waals surface area contributed by atoms with E-state index in [0.29, 0.717) is 10.3 Å². The predicted molar refractivity (Wildman–Crippen MR) is 78.7 cm³/mol. The van der Waals surface area contributed by atoms with Crippen molar-refractivity contribution < 1.29 is 12.8 Å². The van der Waals surface area contributed by atoms with Crippen LogP contribution in [0.4, 0.5) is 15.9 Å². The molecule has 106 valence electrons. The fourth-order valence-corrected chi connectivity index (χ4v) is 3.05. The van der Waals surface area contributed by atoms with Crippen LogP contribution in [-0.2, 0) is 10.0 Å². The highest BCUT2D eigenvalue weighted by Crippen LogP contribution is 2.26. The number of hydrogen-bond acceptors (Lipinski definition) is 4. The Morgan fingerprint density at radius 2 is 2.00 bits per heavy atom. The van der Waals surface area contributed by atoms with Crippen LogP contribution in [0.15, 0.2) is 45.9 Å². The molecule has 0 spiro atoms. The first-order valence-corrected chi connectivity index (χ1v) is 7.81. The minimum Gasteiger partial charge on any atom is -0.373 e. The van der Waals surface area contributed by atoms with Crippen molar-refractivity contribution in [3.63, 3.8) is 0 Å². The Morgan fingerprint density at radius 3 is 2.70 bits per heavy atom. The molecule has 0 fully saturated rings. The molecule has 0 aliphatic heterocycles. The fourth-order valence-electron chi connectivity index (χ4n) is 1.49. The van der Waals surface area contributed by atoms with Gasteiger partial charge in [0, 0.05) is 23.8 Å². The molecule has 0 amide bonds. The number of nitrogens with zero attached hydrogens (tertiary/aromatic N) is 1. The van der Waals surface area contributed by atoms with Crippen LogP contribution in [0.25, 0.3) is 0 Å². The van der Waals surface area contributed by atoms with E-state index in [0.717, 1.165) is 6.07 Å². The molecule has 1 aromatic heterocycles. The van der Waals surface area contributed by atoms with E-state index in [2.05, 4.69) is 31.0 Å². The molecule has 0 aliphatic rings. The average Bonchev–Trinajstić information content (AvgIpc) is 2.43. The normalized spacial score (nSPS) is 11.2. The summed E-state index contributed by atoms with van der Waals surface area (Å²) >= 11 is 3.17. The molecule has 8 heteroatoms. The van der Waals surface area contributed by atoms with Crippen molar-refractivity contribution in [3.8, 4) is 0 Å². The highest BCUT2D eigenvalue weighted by Gasteiger charge is 2.16. The van der Waals surface area contributed by atoms with Crippen LogP contribution in [0.3, 0.4) is 0 Å². The second-order valence-corrected chi connectivity index (χ2v) is 6.39. The molecule has 0 unspecified atom stereocenters. The van der Waals surface area contributed by atoms with Gasteiger partial charge < -0.3 is 5.32 Å². The van der Waals surface area contributed by atoms with Crippen molar-refractivity contribution >= 4 is 37.5 Å². The van der Waals surface area contributed by atoms with Gasteiger partial charge in [0.1, 0.15) is 11.6 Å². The second kappa shape index (κ2) is 5.76. The van der Waals surface area contributed by atoms with E-state index in [1.165, 1.54) is 30.5 Å². The number of anilines is 2. The van der Waals surface area contributed by atoms with Gasteiger partial charge in [-0.2, -0.15) is 0 Å². The number of hydrogen-bond donors (Lipinski definition) is 2. The smallest absolute Gasteiger partial charge is 0.262 e. The Bertz CT molecular complexity index is 737. The molecule has 0 saturated heterocycles. The first kappa shape index (κ1) is 14.7. The Kier molecular flexibility index (Phi) is 4.24. The zero-order chi connectivity index (χ0) is 14.8. The maximum atomic E-state index is 13.2. The van der Waals surface area contributed by atoms with Crippen LogP contribution < -0.4 is 10.0 Å². The average molecular weight is 360 g/mol. The number of nitrogens with one attached hydrogen (secondary N) is 2. The molecule has 2 N–H and O–H groups in total. The number of sulfonamides is 1. The molecule has 20 heavy (non-hydrogen) atoms. The molecule has 2 aromatic rings. The molecular weight excluding hydrogens is 349 g/mol. The van der Waals surface area contributed by atoms with Gasteiger partial charge in [-0.05, 0) is 40.2 Å². The third kappa shape index (κ3) is 3.26. The Labute approximate surface area is 124 Å². The van der Waals surface area contributed by atoms with Crippen molar-refractivity contribution in [2.24, 2.45) is 0 Å². The summed E-state index contributed by atoms with van der Waals surface area (Å²) in [5, 5.41) is 2.75. The summed E-state index contributed by atoms with van der Waals surface area (Å²) in [6, 6.07) is 6.50. The van der Waals surface area contributed by atoms with Gasteiger partial charge in [0.15, 0.2) is 0 Å². The van der Waals surface area contributed by atoms with Crippen LogP contribution in [0.1, 0.15) is 0 Å². The van der Waals surface area contributed by atoms with Crippen molar-refractivity contribution in [2.75, 3.05) is 17.1 Å². The summed E-state index contributed by atoms with van der Waals surface area (Å²) in [7, 11) is -2.18. The molecule has 0 saturated carbocycles. The van der Waals surface area contributed by atoms with Gasteiger partial charge >= 0.3 is 0 Å².